The number of aromatic nitrogens is 3. The summed E-state index contributed by atoms with van der Waals surface area (Å²) in [5.74, 6) is 1.11. The summed E-state index contributed by atoms with van der Waals surface area (Å²) in [5.41, 5.74) is 2.16. The zero-order valence-electron chi connectivity index (χ0n) is 13.2. The van der Waals surface area contributed by atoms with E-state index in [1.807, 2.05) is 36.6 Å². The number of amides is 1. The molecule has 1 aromatic carbocycles. The Hall–Kier alpha value is -2.41. The quantitative estimate of drug-likeness (QED) is 0.780. The number of ether oxygens (including phenoxy) is 1. The van der Waals surface area contributed by atoms with Crippen molar-refractivity contribution in [2.24, 2.45) is 0 Å². The molecule has 0 aliphatic rings. The minimum absolute atomic E-state index is 0.0760. The molecule has 0 atom stereocenters. The zero-order chi connectivity index (χ0) is 16.4. The third-order valence-corrected chi connectivity index (χ3v) is 4.33. The molecule has 0 aliphatic heterocycles. The monoisotopic (exact) mass is 330 g/mol. The number of thiazole rings is 1. The van der Waals surface area contributed by atoms with Crippen LogP contribution in [0.4, 0.5) is 5.95 Å². The van der Waals surface area contributed by atoms with Crippen molar-refractivity contribution in [2.75, 3.05) is 11.9 Å². The van der Waals surface area contributed by atoms with E-state index in [2.05, 4.69) is 29.2 Å². The molecule has 0 aliphatic carbocycles. The molecule has 2 aromatic heterocycles. The summed E-state index contributed by atoms with van der Waals surface area (Å²) >= 11 is 1.48. The molecule has 3 rings (SSSR count). The van der Waals surface area contributed by atoms with Crippen molar-refractivity contribution in [2.45, 2.75) is 26.7 Å². The van der Waals surface area contributed by atoms with Crippen LogP contribution in [0.1, 0.15) is 31.0 Å². The van der Waals surface area contributed by atoms with Crippen LogP contribution >= 0.6 is 11.3 Å². The maximum absolute atomic E-state index is 12.0. The molecule has 7 heteroatoms. The van der Waals surface area contributed by atoms with E-state index in [0.29, 0.717) is 17.6 Å². The van der Waals surface area contributed by atoms with E-state index in [1.165, 1.54) is 16.9 Å². The molecule has 0 unspecified atom stereocenters. The van der Waals surface area contributed by atoms with Gasteiger partial charge in [0.05, 0.1) is 5.69 Å². The summed E-state index contributed by atoms with van der Waals surface area (Å²) < 4.78 is 7.24. The highest BCUT2D eigenvalue weighted by molar-refractivity contribution is 7.15. The molecule has 0 spiro atoms. The number of hydrogen-bond donors (Lipinski definition) is 1. The van der Waals surface area contributed by atoms with Crippen LogP contribution in [-0.2, 0) is 4.79 Å². The lowest BCUT2D eigenvalue weighted by atomic mass is 10.0. The van der Waals surface area contributed by atoms with Crippen LogP contribution in [0.25, 0.3) is 4.96 Å². The number of hydrogen-bond acceptors (Lipinski definition) is 5. The second kappa shape index (κ2) is 6.37. The summed E-state index contributed by atoms with van der Waals surface area (Å²) in [6.45, 7) is 6.09. The molecule has 23 heavy (non-hydrogen) atoms. The maximum Gasteiger partial charge on any atom is 0.264 e. The summed E-state index contributed by atoms with van der Waals surface area (Å²) in [7, 11) is 0. The predicted octanol–water partition coefficient (Wildman–Crippen LogP) is 3.24. The van der Waals surface area contributed by atoms with Gasteiger partial charge in [-0.25, -0.2) is 4.52 Å². The van der Waals surface area contributed by atoms with Crippen LogP contribution in [0.3, 0.4) is 0 Å². The average molecular weight is 330 g/mol. The first-order valence-corrected chi connectivity index (χ1v) is 8.24. The Labute approximate surface area is 138 Å². The number of rotatable bonds is 5. The molecule has 1 amide bonds. The maximum atomic E-state index is 12.0. The Balaban J connectivity index is 1.60. The van der Waals surface area contributed by atoms with Gasteiger partial charge in [-0.05, 0) is 30.5 Å². The number of nitrogens with zero attached hydrogens (tertiary/aromatic N) is 3. The highest BCUT2D eigenvalue weighted by Gasteiger charge is 2.11. The molecular weight excluding hydrogens is 312 g/mol. The Morgan fingerprint density at radius 1 is 1.43 bits per heavy atom. The van der Waals surface area contributed by atoms with E-state index in [9.17, 15) is 4.79 Å². The second-order valence-electron chi connectivity index (χ2n) is 5.57. The molecular formula is C16H18N4O2S. The fourth-order valence-corrected chi connectivity index (χ4v) is 2.92. The van der Waals surface area contributed by atoms with Crippen LogP contribution in [0.5, 0.6) is 5.75 Å². The first-order chi connectivity index (χ1) is 11.0. The van der Waals surface area contributed by atoms with E-state index < -0.39 is 0 Å². The molecule has 6 nitrogen and oxygen atoms in total. The van der Waals surface area contributed by atoms with E-state index in [1.54, 1.807) is 4.52 Å². The number of anilines is 1. The number of fused-ring (bicyclic) bond motifs is 1. The number of aryl methyl sites for hydroxylation is 1. The Morgan fingerprint density at radius 2 is 2.26 bits per heavy atom. The largest absolute Gasteiger partial charge is 0.484 e. The molecule has 1 N–H and O–H groups in total. The van der Waals surface area contributed by atoms with Crippen LogP contribution in [0.15, 0.2) is 29.6 Å². The van der Waals surface area contributed by atoms with E-state index >= 15 is 0 Å². The van der Waals surface area contributed by atoms with Crippen molar-refractivity contribution in [1.29, 1.82) is 0 Å². The molecule has 0 saturated heterocycles. The zero-order valence-corrected chi connectivity index (χ0v) is 14.1. The fourth-order valence-electron chi connectivity index (χ4n) is 2.12. The topological polar surface area (TPSA) is 68.5 Å². The highest BCUT2D eigenvalue weighted by Crippen LogP contribution is 2.20. The van der Waals surface area contributed by atoms with Gasteiger partial charge in [0.15, 0.2) is 6.61 Å². The van der Waals surface area contributed by atoms with Crippen molar-refractivity contribution in [3.05, 3.63) is 40.9 Å². The minimum Gasteiger partial charge on any atom is -0.484 e. The van der Waals surface area contributed by atoms with E-state index in [0.717, 1.165) is 10.7 Å². The van der Waals surface area contributed by atoms with Gasteiger partial charge in [-0.1, -0.05) is 26.0 Å². The minimum atomic E-state index is -0.282. The predicted molar refractivity (Wildman–Crippen MR) is 90.3 cm³/mol. The van der Waals surface area contributed by atoms with Crippen molar-refractivity contribution >= 4 is 28.2 Å². The van der Waals surface area contributed by atoms with Gasteiger partial charge in [-0.15, -0.1) is 16.4 Å². The summed E-state index contributed by atoms with van der Waals surface area (Å²) in [6.07, 6.45) is 0. The Morgan fingerprint density at radius 3 is 3.00 bits per heavy atom. The number of carbonyl (C=O) groups is 1. The molecule has 2 heterocycles. The van der Waals surface area contributed by atoms with Crippen molar-refractivity contribution in [3.63, 3.8) is 0 Å². The normalized spacial score (nSPS) is 11.1. The van der Waals surface area contributed by atoms with E-state index in [-0.39, 0.29) is 12.5 Å². The number of benzene rings is 1. The lowest BCUT2D eigenvalue weighted by molar-refractivity contribution is -0.118. The standard InChI is InChI=1S/C16H18N4O2S/c1-10(2)12-5-4-6-13(7-12)22-8-14(21)17-15-18-16-20(19-15)11(3)9-23-16/h4-7,9-10H,8H2,1-3H3,(H,17,19,21). The first-order valence-electron chi connectivity index (χ1n) is 7.36. The summed E-state index contributed by atoms with van der Waals surface area (Å²) in [6, 6.07) is 7.76. The fraction of sp³-hybridized carbons (Fsp3) is 0.312. The van der Waals surface area contributed by atoms with Gasteiger partial charge >= 0.3 is 0 Å². The van der Waals surface area contributed by atoms with Crippen molar-refractivity contribution in [1.82, 2.24) is 14.6 Å². The third-order valence-electron chi connectivity index (χ3n) is 3.39. The molecule has 0 radical (unpaired) electrons. The smallest absolute Gasteiger partial charge is 0.264 e. The first kappa shape index (κ1) is 15.5. The van der Waals surface area contributed by atoms with Crippen LogP contribution in [-0.4, -0.2) is 27.1 Å². The summed E-state index contributed by atoms with van der Waals surface area (Å²) in [4.78, 5) is 17.0. The Kier molecular flexibility index (Phi) is 4.29. The van der Waals surface area contributed by atoms with Crippen LogP contribution in [0, 0.1) is 6.92 Å². The Bertz CT molecular complexity index is 838. The molecule has 3 aromatic rings. The van der Waals surface area contributed by atoms with Crippen molar-refractivity contribution < 1.29 is 9.53 Å². The summed E-state index contributed by atoms with van der Waals surface area (Å²) in [5, 5.41) is 8.85. The van der Waals surface area contributed by atoms with Gasteiger partial charge in [-0.3, -0.25) is 10.1 Å². The van der Waals surface area contributed by atoms with Crippen LogP contribution < -0.4 is 10.1 Å². The number of nitrogens with one attached hydrogen (secondary N) is 1. The van der Waals surface area contributed by atoms with Gasteiger partial charge in [0.1, 0.15) is 5.75 Å². The van der Waals surface area contributed by atoms with Crippen LogP contribution in [0.2, 0.25) is 0 Å². The van der Waals surface area contributed by atoms with Gasteiger partial charge in [0.25, 0.3) is 11.9 Å². The second-order valence-corrected chi connectivity index (χ2v) is 6.41. The van der Waals surface area contributed by atoms with Gasteiger partial charge in [-0.2, -0.15) is 4.98 Å². The van der Waals surface area contributed by atoms with Gasteiger partial charge < -0.3 is 4.74 Å². The lowest BCUT2D eigenvalue weighted by Gasteiger charge is -2.09. The van der Waals surface area contributed by atoms with Gasteiger partial charge in [0, 0.05) is 5.38 Å². The highest BCUT2D eigenvalue weighted by atomic mass is 32.1. The van der Waals surface area contributed by atoms with Gasteiger partial charge in [0.2, 0.25) is 4.96 Å². The average Bonchev–Trinajstić information content (AvgIpc) is 3.07. The third kappa shape index (κ3) is 3.50. The van der Waals surface area contributed by atoms with Crippen molar-refractivity contribution in [3.8, 4) is 5.75 Å². The molecule has 0 saturated carbocycles. The van der Waals surface area contributed by atoms with E-state index in [4.69, 9.17) is 4.74 Å². The molecule has 0 bridgehead atoms. The SMILES string of the molecule is Cc1csc2nc(NC(=O)COc3cccc(C(C)C)c3)nn12. The number of carbonyl (C=O) groups excluding carboxylic acids is 1. The molecule has 120 valence electrons. The lowest BCUT2D eigenvalue weighted by Crippen LogP contribution is -2.21. The molecule has 0 fully saturated rings.